The molecule has 2 amide bonds. The van der Waals surface area contributed by atoms with Crippen molar-refractivity contribution in [1.29, 1.82) is 0 Å². The zero-order valence-corrected chi connectivity index (χ0v) is 21.7. The molecule has 0 spiro atoms. The summed E-state index contributed by atoms with van der Waals surface area (Å²) in [4.78, 5) is 38.8. The lowest BCUT2D eigenvalue weighted by atomic mass is 10.1. The van der Waals surface area contributed by atoms with Crippen molar-refractivity contribution in [2.75, 3.05) is 17.2 Å². The van der Waals surface area contributed by atoms with Crippen molar-refractivity contribution in [3.63, 3.8) is 0 Å². The maximum Gasteiger partial charge on any atom is 0.338 e. The van der Waals surface area contributed by atoms with E-state index in [0.29, 0.717) is 23.5 Å². The second-order valence-electron chi connectivity index (χ2n) is 8.42. The lowest BCUT2D eigenvalue weighted by Crippen LogP contribution is -2.19. The normalized spacial score (nSPS) is 11.4. The summed E-state index contributed by atoms with van der Waals surface area (Å²) in [5, 5.41) is 5.20. The zero-order chi connectivity index (χ0) is 26.7. The summed E-state index contributed by atoms with van der Waals surface area (Å²) in [7, 11) is 0. The van der Waals surface area contributed by atoms with Gasteiger partial charge in [0.1, 0.15) is 5.25 Å². The molecule has 1 heterocycles. The van der Waals surface area contributed by atoms with E-state index in [0.717, 1.165) is 23.3 Å². The first kappa shape index (κ1) is 26.8. The van der Waals surface area contributed by atoms with Gasteiger partial charge in [-0.25, -0.2) is 4.79 Å². The first-order valence-corrected chi connectivity index (χ1v) is 13.2. The summed E-state index contributed by atoms with van der Waals surface area (Å²) in [5.41, 5.74) is 2.42. The number of hydrogen-bond donors (Lipinski definition) is 2. The summed E-state index contributed by atoms with van der Waals surface area (Å²) in [6.45, 7) is 2.42. The number of esters is 1. The second-order valence-corrected chi connectivity index (χ2v) is 9.60. The molecule has 0 fully saturated rings. The van der Waals surface area contributed by atoms with Crippen LogP contribution in [0.1, 0.15) is 51.5 Å². The van der Waals surface area contributed by atoms with Gasteiger partial charge in [0, 0.05) is 16.3 Å². The summed E-state index contributed by atoms with van der Waals surface area (Å²) in [6.07, 6.45) is 3.21. The molecule has 0 radical (unpaired) electrons. The third-order valence-electron chi connectivity index (χ3n) is 5.55. The van der Waals surface area contributed by atoms with Crippen LogP contribution in [0.3, 0.4) is 0 Å². The number of rotatable bonds is 11. The smallest absolute Gasteiger partial charge is 0.338 e. The molecule has 38 heavy (non-hydrogen) atoms. The lowest BCUT2D eigenvalue weighted by molar-refractivity contribution is -0.115. The molecule has 8 heteroatoms. The van der Waals surface area contributed by atoms with Crippen molar-refractivity contribution in [3.05, 3.63) is 114 Å². The van der Waals surface area contributed by atoms with Gasteiger partial charge in [-0.3, -0.25) is 9.59 Å². The molecule has 1 aromatic heterocycles. The predicted molar refractivity (Wildman–Crippen MR) is 148 cm³/mol. The standard InChI is InChI=1S/C30H28N2O5S/c1-2-3-18-37-30(35)22-14-16-23(17-15-22)31-29(34)27(21-9-5-4-6-10-21)38-25-12-7-11-24(20-25)32-28(33)26-13-8-19-36-26/h4-17,19-20,27H,2-3,18H2,1H3,(H,31,34)(H,32,33). The second kappa shape index (κ2) is 13.3. The van der Waals surface area contributed by atoms with E-state index in [1.165, 1.54) is 18.0 Å². The fourth-order valence-electron chi connectivity index (χ4n) is 3.57. The Morgan fingerprint density at radius 2 is 1.66 bits per heavy atom. The number of carbonyl (C=O) groups is 3. The average Bonchev–Trinajstić information content (AvgIpc) is 3.48. The summed E-state index contributed by atoms with van der Waals surface area (Å²) in [6, 6.07) is 26.6. The molecular formula is C30H28N2O5S. The Kier molecular flexibility index (Phi) is 9.37. The van der Waals surface area contributed by atoms with Crippen LogP contribution in [0.5, 0.6) is 0 Å². The molecule has 1 atom stereocenters. The first-order chi connectivity index (χ1) is 18.5. The number of benzene rings is 3. The highest BCUT2D eigenvalue weighted by molar-refractivity contribution is 8.00. The van der Waals surface area contributed by atoms with Crippen LogP contribution in [0.2, 0.25) is 0 Å². The third kappa shape index (κ3) is 7.36. The van der Waals surface area contributed by atoms with Crippen LogP contribution in [-0.2, 0) is 9.53 Å². The number of ether oxygens (including phenoxy) is 1. The van der Waals surface area contributed by atoms with Crippen LogP contribution in [0.15, 0.2) is 107 Å². The molecule has 194 valence electrons. The van der Waals surface area contributed by atoms with E-state index in [2.05, 4.69) is 10.6 Å². The number of carbonyl (C=O) groups excluding carboxylic acids is 3. The van der Waals surface area contributed by atoms with Crippen LogP contribution in [0.25, 0.3) is 0 Å². The van der Waals surface area contributed by atoms with Crippen molar-refractivity contribution < 1.29 is 23.5 Å². The molecule has 2 N–H and O–H groups in total. The minimum absolute atomic E-state index is 0.213. The van der Waals surface area contributed by atoms with Gasteiger partial charge >= 0.3 is 5.97 Å². The van der Waals surface area contributed by atoms with Crippen LogP contribution < -0.4 is 10.6 Å². The van der Waals surface area contributed by atoms with Crippen LogP contribution in [0.4, 0.5) is 11.4 Å². The van der Waals surface area contributed by atoms with E-state index in [-0.39, 0.29) is 23.5 Å². The van der Waals surface area contributed by atoms with Gasteiger partial charge < -0.3 is 19.8 Å². The van der Waals surface area contributed by atoms with Gasteiger partial charge in [-0.1, -0.05) is 49.7 Å². The number of hydrogen-bond acceptors (Lipinski definition) is 6. The molecule has 0 saturated carbocycles. The number of furan rings is 1. The monoisotopic (exact) mass is 528 g/mol. The molecular weight excluding hydrogens is 500 g/mol. The fourth-order valence-corrected chi connectivity index (χ4v) is 4.66. The lowest BCUT2D eigenvalue weighted by Gasteiger charge is -2.18. The average molecular weight is 529 g/mol. The Hall–Kier alpha value is -4.30. The number of anilines is 2. The molecule has 3 aromatic carbocycles. The SMILES string of the molecule is CCCCOC(=O)c1ccc(NC(=O)C(Sc2cccc(NC(=O)c3ccco3)c2)c2ccccc2)cc1. The molecule has 1 unspecified atom stereocenters. The highest BCUT2D eigenvalue weighted by Gasteiger charge is 2.23. The highest BCUT2D eigenvalue weighted by Crippen LogP contribution is 2.37. The number of thioether (sulfide) groups is 1. The van der Waals surface area contributed by atoms with Crippen molar-refractivity contribution in [2.45, 2.75) is 29.9 Å². The molecule has 0 bridgehead atoms. The molecule has 0 aliphatic carbocycles. The Labute approximate surface area is 225 Å². The van der Waals surface area contributed by atoms with Crippen LogP contribution in [0, 0.1) is 0 Å². The number of amides is 2. The summed E-state index contributed by atoms with van der Waals surface area (Å²) in [5.74, 6) is -0.741. The van der Waals surface area contributed by atoms with E-state index >= 15 is 0 Å². The van der Waals surface area contributed by atoms with Gasteiger partial charge in [0.2, 0.25) is 5.91 Å². The number of unbranched alkanes of at least 4 members (excludes halogenated alkanes) is 1. The van der Waals surface area contributed by atoms with Gasteiger partial charge in [0.25, 0.3) is 5.91 Å². The molecule has 4 rings (SSSR count). The Morgan fingerprint density at radius 1 is 0.868 bits per heavy atom. The van der Waals surface area contributed by atoms with Crippen molar-refractivity contribution in [3.8, 4) is 0 Å². The highest BCUT2D eigenvalue weighted by atomic mass is 32.2. The maximum absolute atomic E-state index is 13.4. The Morgan fingerprint density at radius 3 is 2.37 bits per heavy atom. The van der Waals surface area contributed by atoms with E-state index in [4.69, 9.17) is 9.15 Å². The van der Waals surface area contributed by atoms with E-state index in [9.17, 15) is 14.4 Å². The number of nitrogens with one attached hydrogen (secondary N) is 2. The van der Waals surface area contributed by atoms with Gasteiger partial charge in [-0.15, -0.1) is 11.8 Å². The summed E-state index contributed by atoms with van der Waals surface area (Å²) >= 11 is 1.37. The topological polar surface area (TPSA) is 97.6 Å². The minimum Gasteiger partial charge on any atom is -0.462 e. The molecule has 0 saturated heterocycles. The molecule has 4 aromatic rings. The van der Waals surface area contributed by atoms with Gasteiger partial charge in [-0.2, -0.15) is 0 Å². The van der Waals surface area contributed by atoms with Gasteiger partial charge in [0.05, 0.1) is 18.4 Å². The van der Waals surface area contributed by atoms with Crippen molar-refractivity contribution in [2.24, 2.45) is 0 Å². The van der Waals surface area contributed by atoms with E-state index < -0.39 is 5.25 Å². The summed E-state index contributed by atoms with van der Waals surface area (Å²) < 4.78 is 10.4. The zero-order valence-electron chi connectivity index (χ0n) is 20.9. The van der Waals surface area contributed by atoms with E-state index in [1.54, 1.807) is 42.5 Å². The first-order valence-electron chi connectivity index (χ1n) is 12.3. The Balaban J connectivity index is 1.46. The fraction of sp³-hybridized carbons (Fsp3) is 0.167. The predicted octanol–water partition coefficient (Wildman–Crippen LogP) is 6.96. The minimum atomic E-state index is -0.564. The third-order valence-corrected chi connectivity index (χ3v) is 6.80. The van der Waals surface area contributed by atoms with Gasteiger partial charge in [0.15, 0.2) is 5.76 Å². The Bertz CT molecular complexity index is 1360. The molecule has 0 aliphatic rings. The van der Waals surface area contributed by atoms with E-state index in [1.807, 2.05) is 55.5 Å². The largest absolute Gasteiger partial charge is 0.462 e. The van der Waals surface area contributed by atoms with Crippen molar-refractivity contribution in [1.82, 2.24) is 0 Å². The molecule has 0 aliphatic heterocycles. The maximum atomic E-state index is 13.4. The molecule has 7 nitrogen and oxygen atoms in total. The van der Waals surface area contributed by atoms with Crippen LogP contribution in [-0.4, -0.2) is 24.4 Å². The van der Waals surface area contributed by atoms with Crippen molar-refractivity contribution >= 4 is 40.9 Å². The quantitative estimate of drug-likeness (QED) is 0.124. The van der Waals surface area contributed by atoms with Crippen LogP contribution >= 0.6 is 11.8 Å². The van der Waals surface area contributed by atoms with Gasteiger partial charge in [-0.05, 0) is 66.6 Å².